The van der Waals surface area contributed by atoms with Gasteiger partial charge in [-0.25, -0.2) is 4.99 Å². The van der Waals surface area contributed by atoms with E-state index in [0.29, 0.717) is 6.54 Å². The van der Waals surface area contributed by atoms with Gasteiger partial charge in [0.05, 0.1) is 20.3 Å². The van der Waals surface area contributed by atoms with Gasteiger partial charge < -0.3 is 20.5 Å². The Balaban J connectivity index is 1.90. The van der Waals surface area contributed by atoms with Gasteiger partial charge in [0.15, 0.2) is 5.96 Å². The molecule has 0 radical (unpaired) electrons. The van der Waals surface area contributed by atoms with Gasteiger partial charge in [-0.15, -0.1) is 0 Å². The minimum atomic E-state index is 0.0349. The number of methoxy groups -OCH3 is 1. The van der Waals surface area contributed by atoms with Crippen LogP contribution in [0.4, 0.5) is 0 Å². The van der Waals surface area contributed by atoms with Crippen LogP contribution in [0.5, 0.6) is 5.75 Å². The van der Waals surface area contributed by atoms with Crippen LogP contribution in [0.25, 0.3) is 0 Å². The van der Waals surface area contributed by atoms with Gasteiger partial charge in [0, 0.05) is 13.1 Å². The lowest BCUT2D eigenvalue weighted by atomic mass is 10.1. The minimum Gasteiger partial charge on any atom is -0.497 e. The number of benzene rings is 2. The fourth-order valence-corrected chi connectivity index (χ4v) is 2.49. The van der Waals surface area contributed by atoms with Crippen molar-refractivity contribution < 1.29 is 9.84 Å². The summed E-state index contributed by atoms with van der Waals surface area (Å²) in [5.41, 5.74) is 3.20. The van der Waals surface area contributed by atoms with Crippen LogP contribution in [0.15, 0.2) is 53.5 Å². The quantitative estimate of drug-likeness (QED) is 0.510. The highest BCUT2D eigenvalue weighted by atomic mass is 16.5. The van der Waals surface area contributed by atoms with Crippen LogP contribution in [0.1, 0.15) is 23.6 Å². The lowest BCUT2D eigenvalue weighted by Gasteiger charge is -2.12. The minimum absolute atomic E-state index is 0.0349. The zero-order valence-corrected chi connectivity index (χ0v) is 15.0. The molecule has 0 unspecified atom stereocenters. The van der Waals surface area contributed by atoms with Crippen molar-refractivity contribution in [3.05, 3.63) is 65.2 Å². The number of aliphatic hydroxyl groups excluding tert-OH is 1. The van der Waals surface area contributed by atoms with Gasteiger partial charge in [0.25, 0.3) is 0 Å². The van der Waals surface area contributed by atoms with E-state index >= 15 is 0 Å². The highest BCUT2D eigenvalue weighted by Crippen LogP contribution is 2.11. The number of nitrogens with one attached hydrogen (secondary N) is 2. The van der Waals surface area contributed by atoms with Gasteiger partial charge in [-0.05, 0) is 42.2 Å². The summed E-state index contributed by atoms with van der Waals surface area (Å²) in [5, 5.41) is 16.0. The number of nitrogens with zero attached hydrogens (tertiary/aromatic N) is 1. The van der Waals surface area contributed by atoms with Crippen LogP contribution in [0.3, 0.4) is 0 Å². The Bertz CT molecular complexity index is 669. The molecule has 0 saturated carbocycles. The molecule has 0 fully saturated rings. The van der Waals surface area contributed by atoms with Crippen LogP contribution >= 0.6 is 0 Å². The van der Waals surface area contributed by atoms with E-state index in [1.807, 2.05) is 43.3 Å². The first-order chi connectivity index (χ1) is 12.3. The molecule has 0 bridgehead atoms. The molecule has 2 aromatic rings. The fraction of sp³-hybridized carbons (Fsp3) is 0.350. The van der Waals surface area contributed by atoms with E-state index in [9.17, 15) is 5.11 Å². The van der Waals surface area contributed by atoms with Crippen molar-refractivity contribution in [2.75, 3.05) is 20.2 Å². The second-order valence-electron chi connectivity index (χ2n) is 5.65. The first kappa shape index (κ1) is 18.8. The summed E-state index contributed by atoms with van der Waals surface area (Å²) >= 11 is 0. The van der Waals surface area contributed by atoms with E-state index in [1.165, 1.54) is 5.56 Å². The smallest absolute Gasteiger partial charge is 0.191 e. The van der Waals surface area contributed by atoms with E-state index in [-0.39, 0.29) is 6.61 Å². The van der Waals surface area contributed by atoms with Crippen molar-refractivity contribution in [2.45, 2.75) is 26.5 Å². The normalized spacial score (nSPS) is 11.2. The number of aliphatic imine (C=N–C) groups is 1. The number of guanidine groups is 1. The summed E-state index contributed by atoms with van der Waals surface area (Å²) in [6.45, 7) is 4.21. The highest BCUT2D eigenvalue weighted by molar-refractivity contribution is 5.79. The monoisotopic (exact) mass is 341 g/mol. The second-order valence-corrected chi connectivity index (χ2v) is 5.65. The third kappa shape index (κ3) is 6.12. The SMILES string of the molecule is CCNC(=NCc1ccccc1CO)NCCc1ccc(OC)cc1. The first-order valence-corrected chi connectivity index (χ1v) is 8.59. The molecule has 3 N–H and O–H groups in total. The Labute approximate surface area is 149 Å². The predicted octanol–water partition coefficient (Wildman–Crippen LogP) is 2.49. The number of ether oxygens (including phenoxy) is 1. The molecular weight excluding hydrogens is 314 g/mol. The maximum atomic E-state index is 9.40. The molecule has 2 rings (SSSR count). The predicted molar refractivity (Wildman–Crippen MR) is 102 cm³/mol. The molecule has 0 amide bonds. The summed E-state index contributed by atoms with van der Waals surface area (Å²) < 4.78 is 5.17. The molecule has 0 saturated heterocycles. The Morgan fingerprint density at radius 3 is 2.40 bits per heavy atom. The van der Waals surface area contributed by atoms with Gasteiger partial charge in [-0.1, -0.05) is 36.4 Å². The molecule has 0 aliphatic rings. The summed E-state index contributed by atoms with van der Waals surface area (Å²) in [5.74, 6) is 1.65. The van der Waals surface area contributed by atoms with Gasteiger partial charge >= 0.3 is 0 Å². The van der Waals surface area contributed by atoms with E-state index in [0.717, 1.165) is 42.3 Å². The molecule has 5 nitrogen and oxygen atoms in total. The van der Waals surface area contributed by atoms with Crippen molar-refractivity contribution in [1.82, 2.24) is 10.6 Å². The van der Waals surface area contributed by atoms with Crippen molar-refractivity contribution in [3.8, 4) is 5.75 Å². The van der Waals surface area contributed by atoms with Gasteiger partial charge in [0.1, 0.15) is 5.75 Å². The maximum Gasteiger partial charge on any atom is 0.191 e. The highest BCUT2D eigenvalue weighted by Gasteiger charge is 2.02. The third-order valence-electron chi connectivity index (χ3n) is 3.91. The molecule has 0 heterocycles. The molecule has 0 aliphatic heterocycles. The first-order valence-electron chi connectivity index (χ1n) is 8.59. The number of hydrogen-bond acceptors (Lipinski definition) is 3. The number of rotatable bonds is 8. The Morgan fingerprint density at radius 2 is 1.76 bits per heavy atom. The van der Waals surface area contributed by atoms with Crippen LogP contribution in [0, 0.1) is 0 Å². The molecular formula is C20H27N3O2. The summed E-state index contributed by atoms with van der Waals surface area (Å²) in [4.78, 5) is 4.61. The average molecular weight is 341 g/mol. The average Bonchev–Trinajstić information content (AvgIpc) is 2.66. The largest absolute Gasteiger partial charge is 0.497 e. The molecule has 134 valence electrons. The number of aliphatic hydroxyl groups is 1. The summed E-state index contributed by atoms with van der Waals surface area (Å²) in [6, 6.07) is 15.9. The number of hydrogen-bond donors (Lipinski definition) is 3. The Morgan fingerprint density at radius 1 is 1.04 bits per heavy atom. The van der Waals surface area contributed by atoms with Crippen molar-refractivity contribution in [2.24, 2.45) is 4.99 Å². The van der Waals surface area contributed by atoms with Crippen LogP contribution in [0.2, 0.25) is 0 Å². The van der Waals surface area contributed by atoms with Crippen LogP contribution in [-0.4, -0.2) is 31.3 Å². The maximum absolute atomic E-state index is 9.40. The zero-order valence-electron chi connectivity index (χ0n) is 15.0. The molecule has 25 heavy (non-hydrogen) atoms. The topological polar surface area (TPSA) is 65.9 Å². The lowest BCUT2D eigenvalue weighted by molar-refractivity contribution is 0.280. The van der Waals surface area contributed by atoms with Crippen molar-refractivity contribution >= 4 is 5.96 Å². The van der Waals surface area contributed by atoms with Crippen LogP contribution in [-0.2, 0) is 19.6 Å². The Hall–Kier alpha value is -2.53. The van der Waals surface area contributed by atoms with Crippen molar-refractivity contribution in [1.29, 1.82) is 0 Å². The second kappa shape index (κ2) is 10.4. The van der Waals surface area contributed by atoms with E-state index in [4.69, 9.17) is 4.74 Å². The molecule has 0 spiro atoms. The Kier molecular flexibility index (Phi) is 7.79. The van der Waals surface area contributed by atoms with Gasteiger partial charge in [-0.2, -0.15) is 0 Å². The molecule has 0 atom stereocenters. The third-order valence-corrected chi connectivity index (χ3v) is 3.91. The van der Waals surface area contributed by atoms with E-state index < -0.39 is 0 Å². The van der Waals surface area contributed by atoms with Gasteiger partial charge in [0.2, 0.25) is 0 Å². The molecule has 5 heteroatoms. The van der Waals surface area contributed by atoms with E-state index in [2.05, 4.69) is 27.8 Å². The lowest BCUT2D eigenvalue weighted by Crippen LogP contribution is -2.38. The molecule has 0 aromatic heterocycles. The summed E-state index contributed by atoms with van der Waals surface area (Å²) in [7, 11) is 1.67. The van der Waals surface area contributed by atoms with Gasteiger partial charge in [-0.3, -0.25) is 0 Å². The molecule has 2 aromatic carbocycles. The fourth-order valence-electron chi connectivity index (χ4n) is 2.49. The van der Waals surface area contributed by atoms with Crippen molar-refractivity contribution in [3.63, 3.8) is 0 Å². The zero-order chi connectivity index (χ0) is 17.9. The standard InChI is InChI=1S/C20H27N3O2/c1-3-21-20(23-14-17-6-4-5-7-18(17)15-24)22-13-12-16-8-10-19(25-2)11-9-16/h4-11,24H,3,12-15H2,1-2H3,(H2,21,22,23). The van der Waals surface area contributed by atoms with Crippen LogP contribution < -0.4 is 15.4 Å². The molecule has 0 aliphatic carbocycles. The van der Waals surface area contributed by atoms with E-state index in [1.54, 1.807) is 7.11 Å². The summed E-state index contributed by atoms with van der Waals surface area (Å²) in [6.07, 6.45) is 0.904.